The summed E-state index contributed by atoms with van der Waals surface area (Å²) < 4.78 is 0. The second-order valence-electron chi connectivity index (χ2n) is 5.37. The highest BCUT2D eigenvalue weighted by Crippen LogP contribution is 2.33. The molecule has 2 atom stereocenters. The number of nitrogen functional groups attached to an aromatic ring is 1. The maximum atomic E-state index is 10.0. The fraction of sp³-hybridized carbons (Fsp3) is 0.400. The fourth-order valence-corrected chi connectivity index (χ4v) is 2.72. The van der Waals surface area contributed by atoms with Crippen LogP contribution in [0.5, 0.6) is 0 Å². The summed E-state index contributed by atoms with van der Waals surface area (Å²) in [5, 5.41) is 12.1. The van der Waals surface area contributed by atoms with Crippen molar-refractivity contribution in [1.29, 1.82) is 0 Å². The van der Waals surface area contributed by atoms with Gasteiger partial charge in [0.25, 0.3) is 0 Å². The van der Waals surface area contributed by atoms with Crippen LogP contribution < -0.4 is 10.6 Å². The lowest BCUT2D eigenvalue weighted by atomic mass is 9.95. The van der Waals surface area contributed by atoms with E-state index in [9.17, 15) is 5.11 Å². The summed E-state index contributed by atoms with van der Waals surface area (Å²) in [7, 11) is 0. The molecule has 0 radical (unpaired) electrons. The van der Waals surface area contributed by atoms with E-state index in [1.165, 1.54) is 0 Å². The van der Waals surface area contributed by atoms with Crippen LogP contribution in [-0.4, -0.2) is 29.3 Å². The van der Waals surface area contributed by atoms with Gasteiger partial charge < -0.3 is 15.7 Å². The number of β-amino-alcohol motifs (C(OH)–C–C–N with tert-alkyl or cyclic N) is 1. The molecule has 4 heteroatoms. The first-order valence-electron chi connectivity index (χ1n) is 6.72. The largest absolute Gasteiger partial charge is 0.397 e. The summed E-state index contributed by atoms with van der Waals surface area (Å²) in [4.78, 5) is 6.29. The van der Waals surface area contributed by atoms with Crippen molar-refractivity contribution in [2.75, 3.05) is 23.7 Å². The molecule has 1 fully saturated rings. The van der Waals surface area contributed by atoms with E-state index < -0.39 is 0 Å². The van der Waals surface area contributed by atoms with E-state index in [1.54, 1.807) is 6.20 Å². The summed E-state index contributed by atoms with van der Waals surface area (Å²) in [6, 6.07) is 6.01. The van der Waals surface area contributed by atoms with Gasteiger partial charge in [0.05, 0.1) is 17.5 Å². The van der Waals surface area contributed by atoms with Crippen LogP contribution in [-0.2, 0) is 0 Å². The molecular formula is C15H19N3O. The van der Waals surface area contributed by atoms with Crippen LogP contribution >= 0.6 is 0 Å². The summed E-state index contributed by atoms with van der Waals surface area (Å²) in [5.74, 6) is 0.363. The molecule has 1 aromatic carbocycles. The maximum absolute atomic E-state index is 10.0. The monoisotopic (exact) mass is 257 g/mol. The lowest BCUT2D eigenvalue weighted by Gasteiger charge is -2.36. The molecule has 2 unspecified atom stereocenters. The van der Waals surface area contributed by atoms with Crippen LogP contribution in [0.1, 0.15) is 13.3 Å². The lowest BCUT2D eigenvalue weighted by molar-refractivity contribution is 0.103. The summed E-state index contributed by atoms with van der Waals surface area (Å²) in [6.07, 6.45) is 4.30. The highest BCUT2D eigenvalue weighted by molar-refractivity contribution is 5.98. The number of nitrogens with two attached hydrogens (primary N) is 1. The Hall–Kier alpha value is -1.81. The van der Waals surface area contributed by atoms with Gasteiger partial charge >= 0.3 is 0 Å². The van der Waals surface area contributed by atoms with Gasteiger partial charge in [-0.3, -0.25) is 4.98 Å². The first-order chi connectivity index (χ1) is 9.16. The van der Waals surface area contributed by atoms with E-state index in [-0.39, 0.29) is 6.10 Å². The molecule has 0 spiro atoms. The molecule has 0 amide bonds. The summed E-state index contributed by atoms with van der Waals surface area (Å²) in [6.45, 7) is 3.69. The van der Waals surface area contributed by atoms with Gasteiger partial charge in [0.2, 0.25) is 0 Å². The zero-order chi connectivity index (χ0) is 13.4. The number of anilines is 2. The standard InChI is InChI=1S/C15H19N3O/c1-10-5-7-18(9-14(10)19)13-3-2-11-8-17-6-4-12(11)15(13)16/h2-4,6,8,10,14,19H,5,7,9,16H2,1H3. The molecular weight excluding hydrogens is 238 g/mol. The average Bonchev–Trinajstić information content (AvgIpc) is 2.43. The van der Waals surface area contributed by atoms with Crippen LogP contribution in [0, 0.1) is 5.92 Å². The number of piperidine rings is 1. The Labute approximate surface area is 112 Å². The van der Waals surface area contributed by atoms with Crippen molar-refractivity contribution in [2.45, 2.75) is 19.4 Å². The number of nitrogens with zero attached hydrogens (tertiary/aromatic N) is 2. The van der Waals surface area contributed by atoms with Crippen molar-refractivity contribution in [1.82, 2.24) is 4.98 Å². The first-order valence-corrected chi connectivity index (χ1v) is 6.72. The molecule has 19 heavy (non-hydrogen) atoms. The normalized spacial score (nSPS) is 23.8. The van der Waals surface area contributed by atoms with E-state index >= 15 is 0 Å². The molecule has 2 heterocycles. The molecule has 0 aliphatic carbocycles. The van der Waals surface area contributed by atoms with Gasteiger partial charge in [0, 0.05) is 36.3 Å². The first kappa shape index (κ1) is 12.2. The summed E-state index contributed by atoms with van der Waals surface area (Å²) >= 11 is 0. The van der Waals surface area contributed by atoms with Crippen molar-refractivity contribution in [3.8, 4) is 0 Å². The van der Waals surface area contributed by atoms with Crippen LogP contribution in [0.25, 0.3) is 10.8 Å². The predicted octanol–water partition coefficient (Wildman–Crippen LogP) is 2.02. The number of aliphatic hydroxyl groups excluding tert-OH is 1. The Morgan fingerprint density at radius 2 is 2.21 bits per heavy atom. The van der Waals surface area contributed by atoms with Crippen LogP contribution in [0.2, 0.25) is 0 Å². The smallest absolute Gasteiger partial charge is 0.0741 e. The van der Waals surface area contributed by atoms with Gasteiger partial charge in [-0.05, 0) is 24.5 Å². The maximum Gasteiger partial charge on any atom is 0.0741 e. The van der Waals surface area contributed by atoms with Crippen LogP contribution in [0.15, 0.2) is 30.6 Å². The molecule has 1 saturated heterocycles. The van der Waals surface area contributed by atoms with Crippen molar-refractivity contribution in [3.63, 3.8) is 0 Å². The van der Waals surface area contributed by atoms with Gasteiger partial charge in [-0.2, -0.15) is 0 Å². The third kappa shape index (κ3) is 2.12. The van der Waals surface area contributed by atoms with E-state index in [4.69, 9.17) is 5.73 Å². The topological polar surface area (TPSA) is 62.4 Å². The van der Waals surface area contributed by atoms with Gasteiger partial charge in [-0.15, -0.1) is 0 Å². The minimum Gasteiger partial charge on any atom is -0.397 e. The van der Waals surface area contributed by atoms with E-state index in [2.05, 4.69) is 16.8 Å². The van der Waals surface area contributed by atoms with Crippen molar-refractivity contribution in [3.05, 3.63) is 30.6 Å². The fourth-order valence-electron chi connectivity index (χ4n) is 2.72. The van der Waals surface area contributed by atoms with Gasteiger partial charge in [-0.1, -0.05) is 13.0 Å². The minimum atomic E-state index is -0.277. The Balaban J connectivity index is 1.99. The number of fused-ring (bicyclic) bond motifs is 1. The average molecular weight is 257 g/mol. The molecule has 3 rings (SSSR count). The Morgan fingerprint density at radius 1 is 1.37 bits per heavy atom. The number of aliphatic hydroxyl groups is 1. The Bertz CT molecular complexity index is 599. The number of hydrogen-bond acceptors (Lipinski definition) is 4. The third-order valence-corrected chi connectivity index (χ3v) is 4.10. The molecule has 1 aliphatic heterocycles. The Morgan fingerprint density at radius 3 is 3.00 bits per heavy atom. The van der Waals surface area contributed by atoms with Crippen LogP contribution in [0.4, 0.5) is 11.4 Å². The number of aromatic nitrogens is 1. The molecule has 2 aromatic rings. The van der Waals surface area contributed by atoms with Crippen molar-refractivity contribution >= 4 is 22.1 Å². The number of benzene rings is 1. The molecule has 1 aliphatic rings. The molecule has 100 valence electrons. The number of pyridine rings is 1. The molecule has 4 nitrogen and oxygen atoms in total. The number of hydrogen-bond donors (Lipinski definition) is 2. The van der Waals surface area contributed by atoms with Gasteiger partial charge in [0.1, 0.15) is 0 Å². The minimum absolute atomic E-state index is 0.277. The predicted molar refractivity (Wildman–Crippen MR) is 78.2 cm³/mol. The van der Waals surface area contributed by atoms with E-state index in [1.807, 2.05) is 24.4 Å². The zero-order valence-electron chi connectivity index (χ0n) is 11.1. The molecule has 1 aromatic heterocycles. The third-order valence-electron chi connectivity index (χ3n) is 4.10. The number of rotatable bonds is 1. The second kappa shape index (κ2) is 4.70. The van der Waals surface area contributed by atoms with Crippen molar-refractivity contribution < 1.29 is 5.11 Å². The van der Waals surface area contributed by atoms with E-state index in [0.717, 1.165) is 35.1 Å². The van der Waals surface area contributed by atoms with E-state index in [0.29, 0.717) is 12.5 Å². The zero-order valence-corrected chi connectivity index (χ0v) is 11.1. The Kier molecular flexibility index (Phi) is 3.03. The lowest BCUT2D eigenvalue weighted by Crippen LogP contribution is -2.43. The quantitative estimate of drug-likeness (QED) is 0.767. The van der Waals surface area contributed by atoms with Gasteiger partial charge in [-0.25, -0.2) is 0 Å². The molecule has 3 N–H and O–H groups in total. The van der Waals surface area contributed by atoms with Gasteiger partial charge in [0.15, 0.2) is 0 Å². The SMILES string of the molecule is CC1CCN(c2ccc3cnccc3c2N)CC1O. The highest BCUT2D eigenvalue weighted by atomic mass is 16.3. The molecule has 0 bridgehead atoms. The second-order valence-corrected chi connectivity index (χ2v) is 5.37. The van der Waals surface area contributed by atoms with Crippen molar-refractivity contribution in [2.24, 2.45) is 5.92 Å². The molecule has 0 saturated carbocycles. The highest BCUT2D eigenvalue weighted by Gasteiger charge is 2.25. The van der Waals surface area contributed by atoms with Crippen LogP contribution in [0.3, 0.4) is 0 Å². The summed E-state index contributed by atoms with van der Waals surface area (Å²) in [5.41, 5.74) is 8.08.